The van der Waals surface area contributed by atoms with Crippen molar-refractivity contribution < 1.29 is 4.92 Å². The van der Waals surface area contributed by atoms with Crippen molar-refractivity contribution in [3.63, 3.8) is 0 Å². The zero-order valence-electron chi connectivity index (χ0n) is 11.1. The van der Waals surface area contributed by atoms with Crippen molar-refractivity contribution in [3.8, 4) is 0 Å². The van der Waals surface area contributed by atoms with Crippen LogP contribution in [0.3, 0.4) is 0 Å². The summed E-state index contributed by atoms with van der Waals surface area (Å²) in [5, 5.41) is 17.2. The van der Waals surface area contributed by atoms with Crippen molar-refractivity contribution in [2.45, 2.75) is 32.6 Å². The summed E-state index contributed by atoms with van der Waals surface area (Å²) < 4.78 is 0. The zero-order valence-corrected chi connectivity index (χ0v) is 11.1. The third-order valence-corrected chi connectivity index (χ3v) is 3.38. The predicted molar refractivity (Wildman–Crippen MR) is 73.3 cm³/mol. The van der Waals surface area contributed by atoms with E-state index in [1.165, 1.54) is 32.0 Å². The molecule has 0 atom stereocenters. The minimum atomic E-state index is -0.436. The average Bonchev–Trinajstić information content (AvgIpc) is 2.89. The fourth-order valence-electron chi connectivity index (χ4n) is 2.43. The highest BCUT2D eigenvalue weighted by molar-refractivity contribution is 5.69. The quantitative estimate of drug-likeness (QED) is 0.606. The zero-order chi connectivity index (χ0) is 13.7. The Kier molecular flexibility index (Phi) is 4.48. The lowest BCUT2D eigenvalue weighted by Crippen LogP contribution is -2.14. The second-order valence-corrected chi connectivity index (χ2v) is 4.74. The Morgan fingerprint density at radius 3 is 2.53 bits per heavy atom. The van der Waals surface area contributed by atoms with Crippen LogP contribution in [0.25, 0.3) is 0 Å². The van der Waals surface area contributed by atoms with Crippen LogP contribution in [-0.2, 0) is 0 Å². The molecule has 104 valence electrons. The van der Waals surface area contributed by atoms with Crippen LogP contribution in [0.5, 0.6) is 0 Å². The van der Waals surface area contributed by atoms with E-state index < -0.39 is 4.92 Å². The second kappa shape index (κ2) is 6.31. The van der Waals surface area contributed by atoms with E-state index in [2.05, 4.69) is 20.6 Å². The van der Waals surface area contributed by atoms with E-state index in [4.69, 9.17) is 0 Å². The lowest BCUT2D eigenvalue weighted by molar-refractivity contribution is -0.383. The molecule has 7 nitrogen and oxygen atoms in total. The van der Waals surface area contributed by atoms with Gasteiger partial charge in [0.1, 0.15) is 6.33 Å². The van der Waals surface area contributed by atoms with Gasteiger partial charge in [0.25, 0.3) is 0 Å². The molecule has 1 fully saturated rings. The molecule has 19 heavy (non-hydrogen) atoms. The molecule has 1 aliphatic rings. The van der Waals surface area contributed by atoms with Crippen LogP contribution in [0, 0.1) is 16.0 Å². The Hall–Kier alpha value is -1.92. The maximum absolute atomic E-state index is 11.2. The first-order chi connectivity index (χ1) is 9.22. The van der Waals surface area contributed by atoms with Crippen molar-refractivity contribution >= 4 is 17.3 Å². The first-order valence-electron chi connectivity index (χ1n) is 6.69. The standard InChI is InChI=1S/C12H19N5O2/c1-2-13-11-10(17(18)19)12(16-8-15-11)14-7-9-5-3-4-6-9/h8-9H,2-7H2,1H3,(H2,13,14,15,16). The monoisotopic (exact) mass is 265 g/mol. The first-order valence-corrected chi connectivity index (χ1v) is 6.69. The highest BCUT2D eigenvalue weighted by Crippen LogP contribution is 2.30. The van der Waals surface area contributed by atoms with Gasteiger partial charge in [-0.15, -0.1) is 0 Å². The Morgan fingerprint density at radius 1 is 1.32 bits per heavy atom. The van der Waals surface area contributed by atoms with Crippen molar-refractivity contribution in [3.05, 3.63) is 16.4 Å². The molecular formula is C12H19N5O2. The molecular weight excluding hydrogens is 246 g/mol. The molecule has 0 unspecified atom stereocenters. The van der Waals surface area contributed by atoms with E-state index in [-0.39, 0.29) is 11.5 Å². The molecule has 2 rings (SSSR count). The number of hydrogen-bond donors (Lipinski definition) is 2. The number of nitro groups is 1. The molecule has 0 saturated heterocycles. The van der Waals surface area contributed by atoms with Gasteiger partial charge in [0.2, 0.25) is 11.6 Å². The summed E-state index contributed by atoms with van der Waals surface area (Å²) in [6.45, 7) is 3.20. The minimum Gasteiger partial charge on any atom is -0.364 e. The van der Waals surface area contributed by atoms with Crippen LogP contribution in [0.2, 0.25) is 0 Å². The lowest BCUT2D eigenvalue weighted by atomic mass is 10.1. The highest BCUT2D eigenvalue weighted by Gasteiger charge is 2.23. The summed E-state index contributed by atoms with van der Waals surface area (Å²) in [7, 11) is 0. The van der Waals surface area contributed by atoms with Crippen molar-refractivity contribution in [1.29, 1.82) is 0 Å². The first kappa shape index (κ1) is 13.5. The number of nitrogens with zero attached hydrogens (tertiary/aromatic N) is 3. The Bertz CT molecular complexity index is 446. The normalized spacial score (nSPS) is 15.4. The van der Waals surface area contributed by atoms with Gasteiger partial charge < -0.3 is 10.6 Å². The molecule has 1 heterocycles. The van der Waals surface area contributed by atoms with E-state index in [1.54, 1.807) is 0 Å². The van der Waals surface area contributed by atoms with Crippen LogP contribution in [0.4, 0.5) is 17.3 Å². The molecule has 0 aromatic carbocycles. The Balaban J connectivity index is 2.13. The molecule has 2 N–H and O–H groups in total. The fourth-order valence-corrected chi connectivity index (χ4v) is 2.43. The molecule has 1 aliphatic carbocycles. The molecule has 0 bridgehead atoms. The van der Waals surface area contributed by atoms with E-state index in [0.717, 1.165) is 6.54 Å². The number of aromatic nitrogens is 2. The molecule has 7 heteroatoms. The summed E-state index contributed by atoms with van der Waals surface area (Å²) >= 11 is 0. The maximum atomic E-state index is 11.2. The predicted octanol–water partition coefficient (Wildman–Crippen LogP) is 2.42. The van der Waals surface area contributed by atoms with Crippen molar-refractivity contribution in [2.75, 3.05) is 23.7 Å². The van der Waals surface area contributed by atoms with Crippen molar-refractivity contribution in [2.24, 2.45) is 5.92 Å². The number of rotatable bonds is 6. The summed E-state index contributed by atoms with van der Waals surface area (Å²) in [5.41, 5.74) is -0.0673. The molecule has 0 radical (unpaired) electrons. The van der Waals surface area contributed by atoms with Gasteiger partial charge in [0.15, 0.2) is 0 Å². The van der Waals surface area contributed by atoms with Gasteiger partial charge in [0, 0.05) is 13.1 Å². The van der Waals surface area contributed by atoms with Gasteiger partial charge in [0.05, 0.1) is 4.92 Å². The van der Waals surface area contributed by atoms with Crippen LogP contribution < -0.4 is 10.6 Å². The van der Waals surface area contributed by atoms with Crippen LogP contribution >= 0.6 is 0 Å². The maximum Gasteiger partial charge on any atom is 0.353 e. The molecule has 0 aliphatic heterocycles. The summed E-state index contributed by atoms with van der Waals surface area (Å²) in [4.78, 5) is 18.6. The topological polar surface area (TPSA) is 93.0 Å². The minimum absolute atomic E-state index is 0.0673. The number of nitrogens with one attached hydrogen (secondary N) is 2. The van der Waals surface area contributed by atoms with Gasteiger partial charge in [-0.2, -0.15) is 0 Å². The van der Waals surface area contributed by atoms with Gasteiger partial charge in [-0.05, 0) is 25.7 Å². The van der Waals surface area contributed by atoms with E-state index in [0.29, 0.717) is 18.3 Å². The molecule has 1 saturated carbocycles. The highest BCUT2D eigenvalue weighted by atomic mass is 16.6. The molecule has 0 spiro atoms. The summed E-state index contributed by atoms with van der Waals surface area (Å²) in [6, 6.07) is 0. The third-order valence-electron chi connectivity index (χ3n) is 3.38. The number of hydrogen-bond acceptors (Lipinski definition) is 6. The largest absolute Gasteiger partial charge is 0.364 e. The Labute approximate surface area is 112 Å². The second-order valence-electron chi connectivity index (χ2n) is 4.74. The van der Waals surface area contributed by atoms with Gasteiger partial charge >= 0.3 is 5.69 Å². The van der Waals surface area contributed by atoms with Crippen LogP contribution in [0.1, 0.15) is 32.6 Å². The summed E-state index contributed by atoms with van der Waals surface area (Å²) in [6.07, 6.45) is 6.22. The van der Waals surface area contributed by atoms with Crippen LogP contribution in [0.15, 0.2) is 6.33 Å². The van der Waals surface area contributed by atoms with Gasteiger partial charge in [-0.3, -0.25) is 10.1 Å². The van der Waals surface area contributed by atoms with Gasteiger partial charge in [-0.1, -0.05) is 12.8 Å². The molecule has 1 aromatic rings. The average molecular weight is 265 g/mol. The summed E-state index contributed by atoms with van der Waals surface area (Å²) in [5.74, 6) is 1.18. The lowest BCUT2D eigenvalue weighted by Gasteiger charge is -2.12. The SMILES string of the molecule is CCNc1ncnc(NCC2CCCC2)c1[N+](=O)[O-]. The van der Waals surface area contributed by atoms with Gasteiger partial charge in [-0.25, -0.2) is 9.97 Å². The molecule has 0 amide bonds. The van der Waals surface area contributed by atoms with Crippen molar-refractivity contribution in [1.82, 2.24) is 9.97 Å². The Morgan fingerprint density at radius 2 is 1.95 bits per heavy atom. The van der Waals surface area contributed by atoms with E-state index in [1.807, 2.05) is 6.92 Å². The smallest absolute Gasteiger partial charge is 0.353 e. The fraction of sp³-hybridized carbons (Fsp3) is 0.667. The van der Waals surface area contributed by atoms with Crippen LogP contribution in [-0.4, -0.2) is 28.0 Å². The van der Waals surface area contributed by atoms with E-state index in [9.17, 15) is 10.1 Å². The van der Waals surface area contributed by atoms with E-state index >= 15 is 0 Å². The molecule has 1 aromatic heterocycles. The third kappa shape index (κ3) is 3.30. The number of anilines is 2.